The number of aromatic nitrogens is 1. The third-order valence-corrected chi connectivity index (χ3v) is 9.49. The van der Waals surface area contributed by atoms with E-state index >= 15 is 0 Å². The first-order valence-corrected chi connectivity index (χ1v) is 15.7. The van der Waals surface area contributed by atoms with E-state index in [4.69, 9.17) is 9.47 Å². The first-order valence-electron chi connectivity index (χ1n) is 13.2. The van der Waals surface area contributed by atoms with Gasteiger partial charge in [-0.1, -0.05) is 61.5 Å². The summed E-state index contributed by atoms with van der Waals surface area (Å²) in [5.41, 5.74) is 2.92. The van der Waals surface area contributed by atoms with Gasteiger partial charge in [-0.25, -0.2) is 18.2 Å². The van der Waals surface area contributed by atoms with Crippen molar-refractivity contribution in [2.24, 2.45) is 5.92 Å². The number of nitrogens with zero attached hydrogens (tertiary/aromatic N) is 1. The minimum Gasteiger partial charge on any atom is -0.478 e. The Kier molecular flexibility index (Phi) is 9.24. The number of aliphatic hydroxyl groups excluding tert-OH is 1. The number of ether oxygens (including phenoxy) is 2. The van der Waals surface area contributed by atoms with E-state index in [9.17, 15) is 23.4 Å². The van der Waals surface area contributed by atoms with Crippen LogP contribution in [-0.2, 0) is 26.1 Å². The predicted octanol–water partition coefficient (Wildman–Crippen LogP) is 5.66. The number of hydrogen-bond donors (Lipinski definition) is 3. The molecule has 4 aromatic rings. The number of aliphatic hydroxyl groups is 1. The number of pyridine rings is 1. The SMILES string of the molecule is C[C@H]1[C@@H](CSc2ncccc2C(=O)O)O[C@@H](c2ccc(NS(=O)(=O)c3ccccc3)cc2)O[C@H]1c1ccc(CO)cc1. The Morgan fingerprint density at radius 2 is 1.62 bits per heavy atom. The fourth-order valence-corrected chi connectivity index (χ4v) is 6.89. The molecule has 0 amide bonds. The van der Waals surface area contributed by atoms with E-state index in [2.05, 4.69) is 9.71 Å². The van der Waals surface area contributed by atoms with E-state index in [0.717, 1.165) is 11.1 Å². The van der Waals surface area contributed by atoms with Crippen LogP contribution < -0.4 is 4.72 Å². The molecule has 4 atom stereocenters. The topological polar surface area (TPSA) is 135 Å². The third kappa shape index (κ3) is 6.83. The Hall–Kier alpha value is -3.74. The maximum Gasteiger partial charge on any atom is 0.338 e. The van der Waals surface area contributed by atoms with Gasteiger partial charge in [0.25, 0.3) is 10.0 Å². The molecule has 0 spiro atoms. The van der Waals surface area contributed by atoms with Crippen molar-refractivity contribution in [3.05, 3.63) is 119 Å². The number of nitrogens with one attached hydrogen (secondary N) is 1. The molecule has 2 heterocycles. The smallest absolute Gasteiger partial charge is 0.338 e. The number of anilines is 1. The molecule has 42 heavy (non-hydrogen) atoms. The minimum atomic E-state index is -3.74. The fourth-order valence-electron chi connectivity index (χ4n) is 4.66. The van der Waals surface area contributed by atoms with Crippen molar-refractivity contribution in [1.29, 1.82) is 0 Å². The zero-order valence-electron chi connectivity index (χ0n) is 22.7. The number of rotatable bonds is 10. The second kappa shape index (κ2) is 13.1. The summed E-state index contributed by atoms with van der Waals surface area (Å²) in [6, 6.07) is 25.6. The predicted molar refractivity (Wildman–Crippen MR) is 159 cm³/mol. The van der Waals surface area contributed by atoms with Crippen molar-refractivity contribution in [3.63, 3.8) is 0 Å². The molecule has 3 aromatic carbocycles. The van der Waals surface area contributed by atoms with Crippen LogP contribution in [0.2, 0.25) is 0 Å². The van der Waals surface area contributed by atoms with E-state index in [0.29, 0.717) is 22.0 Å². The van der Waals surface area contributed by atoms with Gasteiger partial charge in [0.1, 0.15) is 5.03 Å². The highest BCUT2D eigenvalue weighted by atomic mass is 32.2. The van der Waals surface area contributed by atoms with E-state index in [1.165, 1.54) is 30.0 Å². The summed E-state index contributed by atoms with van der Waals surface area (Å²) in [5, 5.41) is 19.5. The molecular weight excluding hydrogens is 576 g/mol. The molecule has 0 aliphatic carbocycles. The Morgan fingerprint density at radius 1 is 0.929 bits per heavy atom. The van der Waals surface area contributed by atoms with E-state index in [1.807, 2.05) is 31.2 Å². The van der Waals surface area contributed by atoms with Crippen LogP contribution in [0, 0.1) is 5.92 Å². The lowest BCUT2D eigenvalue weighted by atomic mass is 9.91. The molecular formula is C31H30N2O7S2. The summed E-state index contributed by atoms with van der Waals surface area (Å²) in [5.74, 6) is -0.727. The molecule has 218 valence electrons. The standard InChI is InChI=1S/C31H30N2O7S2/c1-20-27(19-41-29-26(30(35)36)8-5-17-32-29)39-31(40-28(20)22-11-9-21(18-34)10-12-22)23-13-15-24(16-14-23)33-42(37,38)25-6-3-2-4-7-25/h2-17,20,27-28,31,33-34H,18-19H2,1H3,(H,35,36)/t20-,27+,28+,31+/m0/s1. The van der Waals surface area contributed by atoms with Gasteiger partial charge in [0.2, 0.25) is 0 Å². The number of aromatic carboxylic acids is 1. The van der Waals surface area contributed by atoms with Gasteiger partial charge < -0.3 is 19.7 Å². The monoisotopic (exact) mass is 606 g/mol. The van der Waals surface area contributed by atoms with Gasteiger partial charge >= 0.3 is 5.97 Å². The van der Waals surface area contributed by atoms with Gasteiger partial charge in [-0.15, -0.1) is 11.8 Å². The van der Waals surface area contributed by atoms with Crippen LogP contribution in [0.5, 0.6) is 0 Å². The van der Waals surface area contributed by atoms with Crippen molar-refractivity contribution in [1.82, 2.24) is 4.98 Å². The first-order chi connectivity index (χ1) is 20.2. The highest BCUT2D eigenvalue weighted by Gasteiger charge is 2.38. The Balaban J connectivity index is 1.38. The van der Waals surface area contributed by atoms with Crippen LogP contribution in [0.3, 0.4) is 0 Å². The van der Waals surface area contributed by atoms with Gasteiger partial charge in [-0.2, -0.15) is 0 Å². The Labute approximate surface area is 248 Å². The van der Waals surface area contributed by atoms with Gasteiger partial charge in [0, 0.05) is 29.1 Å². The van der Waals surface area contributed by atoms with Crippen LogP contribution in [-0.4, -0.2) is 41.4 Å². The maximum atomic E-state index is 12.7. The van der Waals surface area contributed by atoms with Crippen molar-refractivity contribution >= 4 is 33.4 Å². The second-order valence-electron chi connectivity index (χ2n) is 9.83. The minimum absolute atomic E-state index is 0.0667. The van der Waals surface area contributed by atoms with E-state index < -0.39 is 22.3 Å². The average Bonchev–Trinajstić information content (AvgIpc) is 3.01. The Morgan fingerprint density at radius 3 is 2.29 bits per heavy atom. The van der Waals surface area contributed by atoms with Crippen LogP contribution in [0.1, 0.15) is 46.4 Å². The van der Waals surface area contributed by atoms with Crippen LogP contribution in [0.15, 0.2) is 107 Å². The quantitative estimate of drug-likeness (QED) is 0.196. The number of thioether (sulfide) groups is 1. The zero-order chi connectivity index (χ0) is 29.7. The van der Waals surface area contributed by atoms with Gasteiger partial charge in [-0.05, 0) is 47.5 Å². The maximum absolute atomic E-state index is 12.7. The lowest BCUT2D eigenvalue weighted by molar-refractivity contribution is -0.268. The second-order valence-corrected chi connectivity index (χ2v) is 12.5. The average molecular weight is 607 g/mol. The summed E-state index contributed by atoms with van der Waals surface area (Å²) in [6.45, 7) is 1.95. The highest BCUT2D eigenvalue weighted by molar-refractivity contribution is 7.99. The molecule has 9 nitrogen and oxygen atoms in total. The largest absolute Gasteiger partial charge is 0.478 e. The van der Waals surface area contributed by atoms with Gasteiger partial charge in [0.15, 0.2) is 6.29 Å². The number of benzene rings is 3. The Bertz CT molecular complexity index is 1620. The first kappa shape index (κ1) is 29.7. The summed E-state index contributed by atoms with van der Waals surface area (Å²) < 4.78 is 41.0. The lowest BCUT2D eigenvalue weighted by Gasteiger charge is -2.41. The van der Waals surface area contributed by atoms with Gasteiger partial charge in [-0.3, -0.25) is 4.72 Å². The third-order valence-electron chi connectivity index (χ3n) is 7.00. The number of sulfonamides is 1. The highest BCUT2D eigenvalue weighted by Crippen LogP contribution is 2.43. The summed E-state index contributed by atoms with van der Waals surface area (Å²) in [4.78, 5) is 16.1. The van der Waals surface area contributed by atoms with Crippen molar-refractivity contribution in [2.75, 3.05) is 10.5 Å². The molecule has 1 aliphatic heterocycles. The van der Waals surface area contributed by atoms with Crippen molar-refractivity contribution < 1.29 is 32.9 Å². The summed E-state index contributed by atoms with van der Waals surface area (Å²) in [6.07, 6.45) is 0.0966. The molecule has 1 saturated heterocycles. The molecule has 5 rings (SSSR count). The van der Waals surface area contributed by atoms with Crippen LogP contribution in [0.4, 0.5) is 5.69 Å². The molecule has 3 N–H and O–H groups in total. The zero-order valence-corrected chi connectivity index (χ0v) is 24.3. The summed E-state index contributed by atoms with van der Waals surface area (Å²) >= 11 is 1.31. The van der Waals surface area contributed by atoms with Crippen LogP contribution in [0.25, 0.3) is 0 Å². The number of carboxylic acids is 1. The lowest BCUT2D eigenvalue weighted by Crippen LogP contribution is -2.38. The van der Waals surface area contributed by atoms with E-state index in [-0.39, 0.29) is 35.2 Å². The normalized spacial score (nSPS) is 20.6. The molecule has 1 aliphatic rings. The molecule has 11 heteroatoms. The van der Waals surface area contributed by atoms with Crippen molar-refractivity contribution in [3.8, 4) is 0 Å². The van der Waals surface area contributed by atoms with E-state index in [1.54, 1.807) is 54.7 Å². The molecule has 0 radical (unpaired) electrons. The molecule has 0 unspecified atom stereocenters. The molecule has 0 saturated carbocycles. The molecule has 0 bridgehead atoms. The molecule has 1 fully saturated rings. The fraction of sp³-hybridized carbons (Fsp3) is 0.226. The number of hydrogen-bond acceptors (Lipinski definition) is 8. The van der Waals surface area contributed by atoms with Gasteiger partial charge in [0.05, 0.1) is 29.3 Å². The number of carboxylic acid groups (broad SMARTS) is 1. The van der Waals surface area contributed by atoms with Crippen LogP contribution >= 0.6 is 11.8 Å². The van der Waals surface area contributed by atoms with Crippen molar-refractivity contribution in [2.45, 2.75) is 42.0 Å². The number of carbonyl (C=O) groups is 1. The summed E-state index contributed by atoms with van der Waals surface area (Å²) in [7, 11) is -3.74. The molecule has 1 aromatic heterocycles.